The number of ether oxygens (including phenoxy) is 1. The summed E-state index contributed by atoms with van der Waals surface area (Å²) < 4.78 is 70.6. The monoisotopic (exact) mass is 373 g/mol. The summed E-state index contributed by atoms with van der Waals surface area (Å²) in [5, 5.41) is 0. The van der Waals surface area contributed by atoms with Crippen LogP contribution in [0.15, 0.2) is 53.5 Å². The van der Waals surface area contributed by atoms with Crippen LogP contribution >= 0.6 is 0 Å². The molecule has 25 heavy (non-hydrogen) atoms. The Balaban J connectivity index is 2.18. The van der Waals surface area contributed by atoms with Gasteiger partial charge in [-0.05, 0) is 36.4 Å². The Morgan fingerprint density at radius 1 is 1.08 bits per heavy atom. The lowest BCUT2D eigenvalue weighted by molar-refractivity contribution is -0.140. The zero-order valence-electron chi connectivity index (χ0n) is 12.4. The molecule has 1 aromatic carbocycles. The Hall–Kier alpha value is -2.46. The Labute approximate surface area is 140 Å². The lowest BCUT2D eigenvalue weighted by atomic mass is 10.1. The van der Waals surface area contributed by atoms with Gasteiger partial charge in [-0.15, -0.1) is 0 Å². The molecule has 0 saturated carbocycles. The third kappa shape index (κ3) is 2.76. The van der Waals surface area contributed by atoms with Gasteiger partial charge in [0.1, 0.15) is 6.61 Å². The number of nitrogens with zero attached hydrogens (tertiary/aromatic N) is 1. The standard InChI is InChI=1S/C15H10F3NO5S/c16-15(17,18)11-3-1-2-4-12(11)25(22,23)19-13(21)9-24-14(19)7-5-10(20)6-8-14/h1-8H,9H2. The number of sulfonamides is 1. The van der Waals surface area contributed by atoms with Gasteiger partial charge in [0.25, 0.3) is 15.9 Å². The second-order valence-corrected chi connectivity index (χ2v) is 7.02. The molecule has 1 heterocycles. The number of allylic oxidation sites excluding steroid dienone is 2. The molecule has 6 nitrogen and oxygen atoms in total. The van der Waals surface area contributed by atoms with Gasteiger partial charge in [0.05, 0.1) is 10.5 Å². The van der Waals surface area contributed by atoms with Crippen LogP contribution in [0.25, 0.3) is 0 Å². The third-order valence-electron chi connectivity index (χ3n) is 3.65. The second kappa shape index (κ2) is 5.53. The van der Waals surface area contributed by atoms with Crippen molar-refractivity contribution < 1.29 is 35.9 Å². The van der Waals surface area contributed by atoms with Crippen LogP contribution in [0.5, 0.6) is 0 Å². The van der Waals surface area contributed by atoms with Crippen molar-refractivity contribution in [2.45, 2.75) is 16.8 Å². The van der Waals surface area contributed by atoms with E-state index in [0.29, 0.717) is 6.07 Å². The fourth-order valence-electron chi connectivity index (χ4n) is 2.58. The molecular weight excluding hydrogens is 363 g/mol. The molecule has 1 spiro atoms. The Morgan fingerprint density at radius 3 is 2.28 bits per heavy atom. The van der Waals surface area contributed by atoms with E-state index in [1.165, 1.54) is 0 Å². The summed E-state index contributed by atoms with van der Waals surface area (Å²) in [7, 11) is -4.90. The normalized spacial score (nSPS) is 19.9. The molecule has 0 aromatic heterocycles. The number of benzene rings is 1. The van der Waals surface area contributed by atoms with E-state index in [2.05, 4.69) is 0 Å². The molecule has 3 rings (SSSR count). The fraction of sp³-hybridized carbons (Fsp3) is 0.200. The summed E-state index contributed by atoms with van der Waals surface area (Å²) >= 11 is 0. The number of carbonyl (C=O) groups excluding carboxylic acids is 2. The van der Waals surface area contributed by atoms with Crippen molar-refractivity contribution in [2.24, 2.45) is 0 Å². The van der Waals surface area contributed by atoms with Crippen LogP contribution < -0.4 is 0 Å². The highest BCUT2D eigenvalue weighted by Gasteiger charge is 2.53. The van der Waals surface area contributed by atoms with E-state index in [1.54, 1.807) is 0 Å². The molecule has 1 fully saturated rings. The molecule has 2 aliphatic rings. The highest BCUT2D eigenvalue weighted by Crippen LogP contribution is 2.39. The molecule has 0 bridgehead atoms. The predicted octanol–water partition coefficient (Wildman–Crippen LogP) is 1.64. The van der Waals surface area contributed by atoms with Gasteiger partial charge < -0.3 is 4.74 Å². The first-order chi connectivity index (χ1) is 11.6. The number of alkyl halides is 3. The van der Waals surface area contributed by atoms with Gasteiger partial charge in [-0.1, -0.05) is 12.1 Å². The lowest BCUT2D eigenvalue weighted by Crippen LogP contribution is -2.48. The van der Waals surface area contributed by atoms with Crippen LogP contribution in [-0.2, 0) is 30.5 Å². The third-order valence-corrected chi connectivity index (χ3v) is 5.54. The SMILES string of the molecule is O=C1C=CC2(C=C1)OCC(=O)N2S(=O)(=O)c1ccccc1C(F)(F)F. The van der Waals surface area contributed by atoms with E-state index in [-0.39, 0.29) is 4.31 Å². The maximum absolute atomic E-state index is 13.2. The van der Waals surface area contributed by atoms with E-state index in [0.717, 1.165) is 42.5 Å². The maximum atomic E-state index is 13.2. The zero-order valence-corrected chi connectivity index (χ0v) is 13.2. The molecule has 1 aliphatic heterocycles. The van der Waals surface area contributed by atoms with Crippen molar-refractivity contribution in [3.05, 3.63) is 54.1 Å². The van der Waals surface area contributed by atoms with Gasteiger partial charge >= 0.3 is 6.18 Å². The molecule has 132 valence electrons. The number of halogens is 3. The van der Waals surface area contributed by atoms with Crippen molar-refractivity contribution in [1.82, 2.24) is 4.31 Å². The highest BCUT2D eigenvalue weighted by atomic mass is 32.2. The molecule has 0 unspecified atom stereocenters. The van der Waals surface area contributed by atoms with Gasteiger partial charge in [0.15, 0.2) is 11.5 Å². The van der Waals surface area contributed by atoms with E-state index >= 15 is 0 Å². The number of rotatable bonds is 2. The molecular formula is C15H10F3NO5S. The summed E-state index contributed by atoms with van der Waals surface area (Å²) in [6, 6.07) is 3.53. The molecule has 0 atom stereocenters. The number of hydrogen-bond donors (Lipinski definition) is 0. The lowest BCUT2D eigenvalue weighted by Gasteiger charge is -2.32. The van der Waals surface area contributed by atoms with Crippen molar-refractivity contribution >= 4 is 21.7 Å². The molecule has 1 aromatic rings. The molecule has 10 heteroatoms. The van der Waals surface area contributed by atoms with Crippen molar-refractivity contribution in [1.29, 1.82) is 0 Å². The minimum absolute atomic E-state index is 0.226. The molecule has 0 N–H and O–H groups in total. The summed E-state index contributed by atoms with van der Waals surface area (Å²) in [4.78, 5) is 22.3. The molecule has 1 amide bonds. The van der Waals surface area contributed by atoms with Crippen LogP contribution in [0.1, 0.15) is 5.56 Å². The molecule has 1 saturated heterocycles. The predicted molar refractivity (Wildman–Crippen MR) is 77.4 cm³/mol. The quantitative estimate of drug-likeness (QED) is 0.787. The van der Waals surface area contributed by atoms with Crippen molar-refractivity contribution in [3.8, 4) is 0 Å². The summed E-state index contributed by atoms with van der Waals surface area (Å²) in [6.07, 6.45) is -0.926. The minimum atomic E-state index is -4.94. The van der Waals surface area contributed by atoms with Crippen LogP contribution in [0, 0.1) is 0 Å². The van der Waals surface area contributed by atoms with Gasteiger partial charge in [-0.25, -0.2) is 8.42 Å². The smallest absolute Gasteiger partial charge is 0.337 e. The first-order valence-electron chi connectivity index (χ1n) is 6.89. The van der Waals surface area contributed by atoms with E-state index in [1.807, 2.05) is 0 Å². The van der Waals surface area contributed by atoms with Gasteiger partial charge in [-0.3, -0.25) is 9.59 Å². The highest BCUT2D eigenvalue weighted by molar-refractivity contribution is 7.89. The summed E-state index contributed by atoms with van der Waals surface area (Å²) in [5.41, 5.74) is -3.35. The van der Waals surface area contributed by atoms with E-state index < -0.39 is 50.7 Å². The van der Waals surface area contributed by atoms with Crippen LogP contribution in [-0.4, -0.2) is 36.7 Å². The Morgan fingerprint density at radius 2 is 1.68 bits per heavy atom. The van der Waals surface area contributed by atoms with Crippen molar-refractivity contribution in [3.63, 3.8) is 0 Å². The largest absolute Gasteiger partial charge is 0.417 e. The second-order valence-electron chi connectivity index (χ2n) is 5.27. The topological polar surface area (TPSA) is 80.8 Å². The average Bonchev–Trinajstić information content (AvgIpc) is 2.87. The Kier molecular flexibility index (Phi) is 3.84. The summed E-state index contributed by atoms with van der Waals surface area (Å²) in [5.74, 6) is -1.51. The van der Waals surface area contributed by atoms with E-state index in [9.17, 15) is 31.2 Å². The minimum Gasteiger partial charge on any atom is -0.337 e. The van der Waals surface area contributed by atoms with Crippen LogP contribution in [0.3, 0.4) is 0 Å². The first-order valence-corrected chi connectivity index (χ1v) is 8.33. The van der Waals surface area contributed by atoms with Crippen LogP contribution in [0.2, 0.25) is 0 Å². The van der Waals surface area contributed by atoms with E-state index in [4.69, 9.17) is 4.74 Å². The molecule has 0 radical (unpaired) electrons. The number of amides is 1. The summed E-state index contributed by atoms with van der Waals surface area (Å²) in [6.45, 7) is -0.656. The fourth-order valence-corrected chi connectivity index (χ4v) is 4.36. The van der Waals surface area contributed by atoms with Gasteiger partial charge in [-0.2, -0.15) is 17.5 Å². The van der Waals surface area contributed by atoms with Crippen molar-refractivity contribution in [2.75, 3.05) is 6.61 Å². The average molecular weight is 373 g/mol. The van der Waals surface area contributed by atoms with Crippen LogP contribution in [0.4, 0.5) is 13.2 Å². The number of hydrogen-bond acceptors (Lipinski definition) is 5. The zero-order chi connectivity index (χ0) is 18.5. The first kappa shape index (κ1) is 17.4. The van der Waals surface area contributed by atoms with Gasteiger partial charge in [0, 0.05) is 0 Å². The number of carbonyl (C=O) groups is 2. The van der Waals surface area contributed by atoms with Gasteiger partial charge in [0.2, 0.25) is 0 Å². The maximum Gasteiger partial charge on any atom is 0.417 e. The Bertz CT molecular complexity index is 901. The molecule has 1 aliphatic carbocycles. The number of ketones is 1.